The highest BCUT2D eigenvalue weighted by atomic mass is 35.5. The third-order valence-electron chi connectivity index (χ3n) is 2.51. The van der Waals surface area contributed by atoms with E-state index in [-0.39, 0.29) is 0 Å². The average molecular weight is 264 g/mol. The largest absolute Gasteiger partial charge is 0.267 e. The van der Waals surface area contributed by atoms with E-state index in [0.717, 1.165) is 10.9 Å². The Morgan fingerprint density at radius 3 is 2.41 bits per heavy atom. The van der Waals surface area contributed by atoms with Crippen LogP contribution in [0.25, 0.3) is 16.9 Å². The van der Waals surface area contributed by atoms with E-state index in [9.17, 15) is 0 Å². The zero-order chi connectivity index (χ0) is 11.8. The van der Waals surface area contributed by atoms with Crippen LogP contribution in [0.2, 0.25) is 10.2 Å². The topological polar surface area (TPSA) is 30.7 Å². The molecule has 0 aliphatic heterocycles. The number of benzene rings is 1. The van der Waals surface area contributed by atoms with Gasteiger partial charge < -0.3 is 0 Å². The normalized spacial score (nSPS) is 10.9. The van der Waals surface area contributed by atoms with Crippen LogP contribution < -0.4 is 0 Å². The van der Waals surface area contributed by atoms with Gasteiger partial charge in [-0.15, -0.1) is 0 Å². The molecule has 1 aromatic carbocycles. The van der Waals surface area contributed by atoms with Gasteiger partial charge in [-0.3, -0.25) is 4.57 Å². The summed E-state index contributed by atoms with van der Waals surface area (Å²) >= 11 is 12.4. The monoisotopic (exact) mass is 263 g/mol. The Hall–Kier alpha value is -1.58. The quantitative estimate of drug-likeness (QED) is 0.670. The number of para-hydroxylation sites is 1. The summed E-state index contributed by atoms with van der Waals surface area (Å²) in [6.07, 6.45) is 3.34. The molecule has 0 aliphatic carbocycles. The van der Waals surface area contributed by atoms with Crippen molar-refractivity contribution in [1.29, 1.82) is 0 Å². The molecule has 0 bridgehead atoms. The maximum absolute atomic E-state index is 6.22. The highest BCUT2D eigenvalue weighted by Gasteiger charge is 2.15. The highest BCUT2D eigenvalue weighted by Crippen LogP contribution is 2.35. The Balaban J connectivity index is 2.41. The predicted molar refractivity (Wildman–Crippen MR) is 68.9 cm³/mol. The molecule has 17 heavy (non-hydrogen) atoms. The van der Waals surface area contributed by atoms with Gasteiger partial charge in [0.2, 0.25) is 5.95 Å². The maximum atomic E-state index is 6.22. The van der Waals surface area contributed by atoms with E-state index in [2.05, 4.69) is 9.97 Å². The summed E-state index contributed by atoms with van der Waals surface area (Å²) in [6.45, 7) is 0. The van der Waals surface area contributed by atoms with E-state index in [4.69, 9.17) is 23.2 Å². The highest BCUT2D eigenvalue weighted by molar-refractivity contribution is 6.45. The van der Waals surface area contributed by atoms with Crippen LogP contribution in [0.1, 0.15) is 0 Å². The first-order chi connectivity index (χ1) is 8.29. The number of rotatable bonds is 1. The maximum Gasteiger partial charge on any atom is 0.235 e. The number of halogens is 2. The first-order valence-corrected chi connectivity index (χ1v) is 5.76. The predicted octanol–water partition coefficient (Wildman–Crippen LogP) is 3.73. The summed E-state index contributed by atoms with van der Waals surface area (Å²) in [5.74, 6) is 0.514. The summed E-state index contributed by atoms with van der Waals surface area (Å²) in [6, 6.07) is 9.45. The Kier molecular flexibility index (Phi) is 2.50. The molecule has 3 nitrogen and oxygen atoms in total. The van der Waals surface area contributed by atoms with Crippen LogP contribution >= 0.6 is 23.2 Å². The smallest absolute Gasteiger partial charge is 0.235 e. The molecule has 0 amide bonds. The van der Waals surface area contributed by atoms with Crippen molar-refractivity contribution in [1.82, 2.24) is 14.5 Å². The van der Waals surface area contributed by atoms with Crippen molar-refractivity contribution >= 4 is 34.1 Å². The fourth-order valence-electron chi connectivity index (χ4n) is 1.77. The standard InChI is InChI=1S/C12H7Cl2N3/c13-10-8-4-1-2-5-9(8)17(11(10)14)12-15-6-3-7-16-12/h1-7H. The van der Waals surface area contributed by atoms with Crippen LogP contribution in [0.15, 0.2) is 42.7 Å². The van der Waals surface area contributed by atoms with Crippen LogP contribution in [0, 0.1) is 0 Å². The van der Waals surface area contributed by atoms with Crippen LogP contribution in [0.5, 0.6) is 0 Å². The third-order valence-corrected chi connectivity index (χ3v) is 3.35. The molecular formula is C12H7Cl2N3. The van der Waals surface area contributed by atoms with E-state index in [1.807, 2.05) is 24.3 Å². The fraction of sp³-hybridized carbons (Fsp3) is 0. The number of aromatic nitrogens is 3. The van der Waals surface area contributed by atoms with Crippen molar-refractivity contribution in [3.63, 3.8) is 0 Å². The second-order valence-corrected chi connectivity index (χ2v) is 4.24. The summed E-state index contributed by atoms with van der Waals surface area (Å²) in [5.41, 5.74) is 0.897. The van der Waals surface area contributed by atoms with Gasteiger partial charge in [0.05, 0.1) is 10.5 Å². The molecule has 0 atom stereocenters. The van der Waals surface area contributed by atoms with Crippen LogP contribution in [0.4, 0.5) is 0 Å². The Labute approximate surface area is 108 Å². The summed E-state index contributed by atoms with van der Waals surface area (Å²) in [7, 11) is 0. The summed E-state index contributed by atoms with van der Waals surface area (Å²) < 4.78 is 1.74. The lowest BCUT2D eigenvalue weighted by Gasteiger charge is -2.03. The number of hydrogen-bond donors (Lipinski definition) is 0. The Bertz CT molecular complexity index is 677. The third kappa shape index (κ3) is 1.59. The van der Waals surface area contributed by atoms with Gasteiger partial charge in [-0.2, -0.15) is 0 Å². The van der Waals surface area contributed by atoms with Crippen LogP contribution in [0.3, 0.4) is 0 Å². The van der Waals surface area contributed by atoms with E-state index in [0.29, 0.717) is 16.1 Å². The number of hydrogen-bond acceptors (Lipinski definition) is 2. The SMILES string of the molecule is Clc1c(Cl)n(-c2ncccn2)c2ccccc12. The van der Waals surface area contributed by atoms with E-state index in [1.165, 1.54) is 0 Å². The molecule has 3 aromatic rings. The van der Waals surface area contributed by atoms with Gasteiger partial charge in [-0.1, -0.05) is 41.4 Å². The molecule has 2 heterocycles. The van der Waals surface area contributed by atoms with Gasteiger partial charge in [-0.25, -0.2) is 9.97 Å². The summed E-state index contributed by atoms with van der Waals surface area (Å²) in [4.78, 5) is 8.36. The van der Waals surface area contributed by atoms with Gasteiger partial charge in [0.1, 0.15) is 5.15 Å². The molecule has 3 rings (SSSR count). The van der Waals surface area contributed by atoms with Crippen LogP contribution in [-0.2, 0) is 0 Å². The minimum atomic E-state index is 0.430. The van der Waals surface area contributed by atoms with Gasteiger partial charge in [0.25, 0.3) is 0 Å². The minimum Gasteiger partial charge on any atom is -0.267 e. The molecule has 2 aromatic heterocycles. The van der Waals surface area contributed by atoms with Crippen molar-refractivity contribution in [3.05, 3.63) is 52.9 Å². The first kappa shape index (κ1) is 10.6. The summed E-state index contributed by atoms with van der Waals surface area (Å²) in [5, 5.41) is 1.85. The fourth-order valence-corrected chi connectivity index (χ4v) is 2.28. The van der Waals surface area contributed by atoms with Crippen molar-refractivity contribution < 1.29 is 0 Å². The number of nitrogens with zero attached hydrogens (tertiary/aromatic N) is 3. The van der Waals surface area contributed by atoms with Gasteiger partial charge in [-0.05, 0) is 12.1 Å². The zero-order valence-corrected chi connectivity index (χ0v) is 10.2. The Morgan fingerprint density at radius 2 is 1.65 bits per heavy atom. The van der Waals surface area contributed by atoms with E-state index in [1.54, 1.807) is 23.0 Å². The van der Waals surface area contributed by atoms with Crippen molar-refractivity contribution in [2.75, 3.05) is 0 Å². The first-order valence-electron chi connectivity index (χ1n) is 5.01. The van der Waals surface area contributed by atoms with E-state index >= 15 is 0 Å². The lowest BCUT2D eigenvalue weighted by molar-refractivity contribution is 0.963. The molecule has 0 unspecified atom stereocenters. The molecule has 0 saturated carbocycles. The second kappa shape index (κ2) is 4.02. The second-order valence-electron chi connectivity index (χ2n) is 3.51. The van der Waals surface area contributed by atoms with Crippen molar-refractivity contribution in [2.24, 2.45) is 0 Å². The molecule has 0 saturated heterocycles. The van der Waals surface area contributed by atoms with E-state index < -0.39 is 0 Å². The molecule has 0 N–H and O–H groups in total. The lowest BCUT2D eigenvalue weighted by atomic mass is 10.2. The molecule has 0 aliphatic rings. The molecule has 0 radical (unpaired) electrons. The molecule has 0 fully saturated rings. The molecule has 84 valence electrons. The minimum absolute atomic E-state index is 0.430. The van der Waals surface area contributed by atoms with Crippen molar-refractivity contribution in [2.45, 2.75) is 0 Å². The van der Waals surface area contributed by atoms with Gasteiger partial charge >= 0.3 is 0 Å². The average Bonchev–Trinajstić information content (AvgIpc) is 2.64. The Morgan fingerprint density at radius 1 is 0.941 bits per heavy atom. The van der Waals surface area contributed by atoms with Gasteiger partial charge in [0, 0.05) is 17.8 Å². The van der Waals surface area contributed by atoms with Crippen molar-refractivity contribution in [3.8, 4) is 5.95 Å². The number of fused-ring (bicyclic) bond motifs is 1. The van der Waals surface area contributed by atoms with Gasteiger partial charge in [0.15, 0.2) is 0 Å². The zero-order valence-electron chi connectivity index (χ0n) is 8.64. The van der Waals surface area contributed by atoms with Crippen LogP contribution in [-0.4, -0.2) is 14.5 Å². The molecule has 0 spiro atoms. The lowest BCUT2D eigenvalue weighted by Crippen LogP contribution is -1.99. The molecular weight excluding hydrogens is 257 g/mol. The molecule has 5 heteroatoms.